The quantitative estimate of drug-likeness (QED) is 0.852. The van der Waals surface area contributed by atoms with E-state index in [0.717, 1.165) is 37.6 Å². The van der Waals surface area contributed by atoms with E-state index in [1.54, 1.807) is 0 Å². The maximum absolute atomic E-state index is 12.5. The Bertz CT molecular complexity index is 826. The van der Waals surface area contributed by atoms with Crippen LogP contribution in [0.5, 0.6) is 5.75 Å². The van der Waals surface area contributed by atoms with Gasteiger partial charge in [0.05, 0.1) is 12.1 Å². The third kappa shape index (κ3) is 3.66. The van der Waals surface area contributed by atoms with Crippen LogP contribution in [0.3, 0.4) is 0 Å². The van der Waals surface area contributed by atoms with Crippen LogP contribution in [-0.4, -0.2) is 27.0 Å². The monoisotopic (exact) mass is 366 g/mol. The largest absolute Gasteiger partial charge is 0.573 e. The van der Waals surface area contributed by atoms with Gasteiger partial charge in [0.1, 0.15) is 11.6 Å². The minimum absolute atomic E-state index is 0.107. The van der Waals surface area contributed by atoms with Gasteiger partial charge in [-0.05, 0) is 37.8 Å². The first kappa shape index (κ1) is 16.9. The summed E-state index contributed by atoms with van der Waals surface area (Å²) in [6.45, 7) is 0.107. The normalized spacial score (nSPS) is 17.2. The Balaban J connectivity index is 1.48. The van der Waals surface area contributed by atoms with Crippen LogP contribution in [-0.2, 0) is 6.54 Å². The number of carbonyl (C=O) groups excluding carboxylic acids is 1. The van der Waals surface area contributed by atoms with E-state index >= 15 is 0 Å². The molecule has 1 N–H and O–H groups in total. The fourth-order valence-corrected chi connectivity index (χ4v) is 2.93. The minimum Gasteiger partial charge on any atom is -0.405 e. The van der Waals surface area contributed by atoms with Crippen molar-refractivity contribution in [1.82, 2.24) is 20.1 Å². The molecule has 2 fully saturated rings. The highest BCUT2D eigenvalue weighted by atomic mass is 19.4. The highest BCUT2D eigenvalue weighted by Gasteiger charge is 2.36. The van der Waals surface area contributed by atoms with Crippen molar-refractivity contribution in [3.8, 4) is 5.75 Å². The number of nitrogens with one attached hydrogen (secondary N) is 1. The first-order chi connectivity index (χ1) is 12.4. The summed E-state index contributed by atoms with van der Waals surface area (Å²) in [5, 5.41) is 11.0. The molecule has 0 aliphatic heterocycles. The van der Waals surface area contributed by atoms with E-state index in [9.17, 15) is 18.0 Å². The Morgan fingerprint density at radius 1 is 1.19 bits per heavy atom. The molecule has 2 aromatic rings. The molecule has 138 valence electrons. The lowest BCUT2D eigenvalue weighted by Crippen LogP contribution is -2.27. The molecule has 2 aliphatic rings. The van der Waals surface area contributed by atoms with Crippen molar-refractivity contribution >= 4 is 5.91 Å². The zero-order valence-electron chi connectivity index (χ0n) is 13.8. The highest BCUT2D eigenvalue weighted by Crippen LogP contribution is 2.44. The molecule has 1 aromatic heterocycles. The van der Waals surface area contributed by atoms with E-state index in [0.29, 0.717) is 17.8 Å². The predicted molar refractivity (Wildman–Crippen MR) is 84.6 cm³/mol. The summed E-state index contributed by atoms with van der Waals surface area (Å²) >= 11 is 0. The van der Waals surface area contributed by atoms with Crippen LogP contribution in [0.4, 0.5) is 13.2 Å². The summed E-state index contributed by atoms with van der Waals surface area (Å²) in [7, 11) is 0. The maximum atomic E-state index is 12.5. The molecular formula is C17H17F3N4O2. The van der Waals surface area contributed by atoms with Gasteiger partial charge in [-0.25, -0.2) is 0 Å². The second-order valence-corrected chi connectivity index (χ2v) is 6.58. The van der Waals surface area contributed by atoms with Gasteiger partial charge in [-0.1, -0.05) is 12.1 Å². The Morgan fingerprint density at radius 2 is 1.92 bits per heavy atom. The second kappa shape index (κ2) is 6.30. The zero-order chi connectivity index (χ0) is 18.3. The number of rotatable bonds is 6. The molecule has 1 heterocycles. The molecule has 2 aliphatic carbocycles. The fraction of sp³-hybridized carbons (Fsp3) is 0.471. The molecule has 1 amide bonds. The van der Waals surface area contributed by atoms with Crippen LogP contribution >= 0.6 is 0 Å². The van der Waals surface area contributed by atoms with Crippen LogP contribution in [0.1, 0.15) is 59.6 Å². The topological polar surface area (TPSA) is 69.0 Å². The van der Waals surface area contributed by atoms with Crippen LogP contribution in [0.25, 0.3) is 0 Å². The average molecular weight is 366 g/mol. The molecule has 0 atom stereocenters. The van der Waals surface area contributed by atoms with Gasteiger partial charge in [0, 0.05) is 12.0 Å². The molecule has 0 bridgehead atoms. The number of benzene rings is 1. The van der Waals surface area contributed by atoms with Gasteiger partial charge in [0.15, 0.2) is 5.82 Å². The second-order valence-electron chi connectivity index (χ2n) is 6.58. The van der Waals surface area contributed by atoms with Crippen LogP contribution in [0, 0.1) is 0 Å². The third-order valence-electron chi connectivity index (χ3n) is 4.41. The van der Waals surface area contributed by atoms with Gasteiger partial charge >= 0.3 is 6.36 Å². The van der Waals surface area contributed by atoms with Crippen molar-refractivity contribution in [2.75, 3.05) is 0 Å². The van der Waals surface area contributed by atoms with Crippen LogP contribution < -0.4 is 10.1 Å². The maximum Gasteiger partial charge on any atom is 0.573 e. The minimum atomic E-state index is -4.86. The van der Waals surface area contributed by atoms with Crippen LogP contribution in [0.15, 0.2) is 24.3 Å². The number of aromatic nitrogens is 3. The first-order valence-electron chi connectivity index (χ1n) is 8.49. The Hall–Kier alpha value is -2.58. The number of hydrogen-bond donors (Lipinski definition) is 1. The number of alkyl halides is 3. The molecule has 0 unspecified atom stereocenters. The Kier molecular flexibility index (Phi) is 4.08. The fourth-order valence-electron chi connectivity index (χ4n) is 2.93. The zero-order valence-corrected chi connectivity index (χ0v) is 13.8. The molecule has 6 nitrogen and oxygen atoms in total. The summed E-state index contributed by atoms with van der Waals surface area (Å²) < 4.78 is 43.5. The highest BCUT2D eigenvalue weighted by molar-refractivity contribution is 5.96. The predicted octanol–water partition coefficient (Wildman–Crippen LogP) is 3.32. The van der Waals surface area contributed by atoms with E-state index in [1.165, 1.54) is 18.2 Å². The molecule has 0 saturated heterocycles. The lowest BCUT2D eigenvalue weighted by Gasteiger charge is -2.13. The molecular weight excluding hydrogens is 349 g/mol. The van der Waals surface area contributed by atoms with E-state index in [2.05, 4.69) is 24.8 Å². The Labute approximate surface area is 147 Å². The van der Waals surface area contributed by atoms with E-state index in [-0.39, 0.29) is 12.1 Å². The third-order valence-corrected chi connectivity index (χ3v) is 4.41. The summed E-state index contributed by atoms with van der Waals surface area (Å²) in [6.07, 6.45) is -0.553. The molecule has 0 radical (unpaired) electrons. The molecule has 1 aromatic carbocycles. The van der Waals surface area contributed by atoms with Gasteiger partial charge < -0.3 is 14.6 Å². The van der Waals surface area contributed by atoms with Crippen molar-refractivity contribution in [1.29, 1.82) is 0 Å². The van der Waals surface area contributed by atoms with Gasteiger partial charge in [-0.2, -0.15) is 0 Å². The standard InChI is InChI=1S/C17H17F3N4O2/c18-17(19,20)26-13-4-2-1-3-12(13)16(25)21-9-14-22-23-15(10-5-6-10)24(14)11-7-8-11/h1-4,10-11H,5-9H2,(H,21,25). The summed E-state index contributed by atoms with van der Waals surface area (Å²) in [4.78, 5) is 12.4. The molecule has 0 spiro atoms. The van der Waals surface area contributed by atoms with Gasteiger partial charge in [0.2, 0.25) is 0 Å². The SMILES string of the molecule is O=C(NCc1nnc(C2CC2)n1C1CC1)c1ccccc1OC(F)(F)F. The van der Waals surface area contributed by atoms with Crippen molar-refractivity contribution in [2.24, 2.45) is 0 Å². The van der Waals surface area contributed by atoms with Gasteiger partial charge in [-0.3, -0.25) is 4.79 Å². The van der Waals surface area contributed by atoms with Crippen molar-refractivity contribution in [3.05, 3.63) is 41.5 Å². The lowest BCUT2D eigenvalue weighted by atomic mass is 10.2. The number of amides is 1. The number of carbonyl (C=O) groups is 1. The number of hydrogen-bond acceptors (Lipinski definition) is 4. The molecule has 2 saturated carbocycles. The van der Waals surface area contributed by atoms with E-state index < -0.39 is 18.0 Å². The number of halogens is 3. The first-order valence-corrected chi connectivity index (χ1v) is 8.49. The summed E-state index contributed by atoms with van der Waals surface area (Å²) in [5.41, 5.74) is -0.176. The molecule has 26 heavy (non-hydrogen) atoms. The van der Waals surface area contributed by atoms with Crippen LogP contribution in [0.2, 0.25) is 0 Å². The number of para-hydroxylation sites is 1. The molecule has 4 rings (SSSR count). The number of nitrogens with zero attached hydrogens (tertiary/aromatic N) is 3. The van der Waals surface area contributed by atoms with Crippen molar-refractivity contribution in [3.63, 3.8) is 0 Å². The lowest BCUT2D eigenvalue weighted by molar-refractivity contribution is -0.274. The van der Waals surface area contributed by atoms with Gasteiger partial charge in [0.25, 0.3) is 5.91 Å². The number of ether oxygens (including phenoxy) is 1. The molecule has 9 heteroatoms. The van der Waals surface area contributed by atoms with Crippen molar-refractivity contribution < 1.29 is 22.7 Å². The summed E-state index contributed by atoms with van der Waals surface area (Å²) in [5.74, 6) is 0.853. The van der Waals surface area contributed by atoms with Gasteiger partial charge in [-0.15, -0.1) is 23.4 Å². The summed E-state index contributed by atoms with van der Waals surface area (Å²) in [6, 6.07) is 5.63. The average Bonchev–Trinajstić information content (AvgIpc) is 3.50. The smallest absolute Gasteiger partial charge is 0.405 e. The van der Waals surface area contributed by atoms with E-state index in [4.69, 9.17) is 0 Å². The van der Waals surface area contributed by atoms with E-state index in [1.807, 2.05) is 0 Å². The Morgan fingerprint density at radius 3 is 2.58 bits per heavy atom. The van der Waals surface area contributed by atoms with Crippen molar-refractivity contribution in [2.45, 2.75) is 50.6 Å².